The standard InChI is InChI=1S/C12H18N2O2S/c1-8-7-13-5-3-9(8)14-12(15)11-10(16-2)4-6-17-11/h4,6,8-9,13H,3,5,7H2,1-2H3,(H,14,15). The predicted molar refractivity (Wildman–Crippen MR) is 68.8 cm³/mol. The third-order valence-electron chi connectivity index (χ3n) is 3.16. The van der Waals surface area contributed by atoms with Crippen LogP contribution in [0, 0.1) is 5.92 Å². The number of piperidine rings is 1. The molecular formula is C12H18N2O2S. The number of rotatable bonds is 3. The molecule has 1 aromatic rings. The van der Waals surface area contributed by atoms with Crippen LogP contribution in [0.15, 0.2) is 11.4 Å². The molecule has 5 heteroatoms. The molecule has 0 aliphatic carbocycles. The van der Waals surface area contributed by atoms with Gasteiger partial charge < -0.3 is 15.4 Å². The molecule has 2 atom stereocenters. The fraction of sp³-hybridized carbons (Fsp3) is 0.583. The fourth-order valence-corrected chi connectivity index (χ4v) is 2.85. The van der Waals surface area contributed by atoms with Gasteiger partial charge in [-0.15, -0.1) is 11.3 Å². The summed E-state index contributed by atoms with van der Waals surface area (Å²) in [5.74, 6) is 1.11. The number of amides is 1. The van der Waals surface area contributed by atoms with E-state index in [1.165, 1.54) is 11.3 Å². The summed E-state index contributed by atoms with van der Waals surface area (Å²) in [5.41, 5.74) is 0. The number of methoxy groups -OCH3 is 1. The molecule has 4 nitrogen and oxygen atoms in total. The van der Waals surface area contributed by atoms with Crippen LogP contribution < -0.4 is 15.4 Å². The number of carbonyl (C=O) groups is 1. The zero-order valence-electron chi connectivity index (χ0n) is 10.2. The van der Waals surface area contributed by atoms with Gasteiger partial charge in [0, 0.05) is 6.04 Å². The highest BCUT2D eigenvalue weighted by molar-refractivity contribution is 7.12. The summed E-state index contributed by atoms with van der Waals surface area (Å²) in [4.78, 5) is 12.8. The first-order valence-corrected chi connectivity index (χ1v) is 6.73. The highest BCUT2D eigenvalue weighted by atomic mass is 32.1. The molecule has 2 rings (SSSR count). The van der Waals surface area contributed by atoms with E-state index in [1.54, 1.807) is 7.11 Å². The maximum absolute atomic E-state index is 12.1. The van der Waals surface area contributed by atoms with Gasteiger partial charge in [0.1, 0.15) is 10.6 Å². The van der Waals surface area contributed by atoms with Crippen molar-refractivity contribution in [2.24, 2.45) is 5.92 Å². The zero-order chi connectivity index (χ0) is 12.3. The van der Waals surface area contributed by atoms with Crippen molar-refractivity contribution < 1.29 is 9.53 Å². The van der Waals surface area contributed by atoms with E-state index < -0.39 is 0 Å². The summed E-state index contributed by atoms with van der Waals surface area (Å²) in [7, 11) is 1.59. The van der Waals surface area contributed by atoms with Crippen molar-refractivity contribution in [3.05, 3.63) is 16.3 Å². The summed E-state index contributed by atoms with van der Waals surface area (Å²) in [6.07, 6.45) is 0.987. The van der Waals surface area contributed by atoms with Gasteiger partial charge in [0.05, 0.1) is 7.11 Å². The minimum atomic E-state index is -0.0180. The van der Waals surface area contributed by atoms with Crippen molar-refractivity contribution in [2.45, 2.75) is 19.4 Å². The van der Waals surface area contributed by atoms with Crippen molar-refractivity contribution in [2.75, 3.05) is 20.2 Å². The van der Waals surface area contributed by atoms with Crippen LogP contribution >= 0.6 is 11.3 Å². The Morgan fingerprint density at radius 2 is 2.47 bits per heavy atom. The lowest BCUT2D eigenvalue weighted by molar-refractivity contribution is 0.0915. The Bertz CT molecular complexity index is 392. The van der Waals surface area contributed by atoms with Crippen LogP contribution in [0.5, 0.6) is 5.75 Å². The second-order valence-electron chi connectivity index (χ2n) is 4.37. The van der Waals surface area contributed by atoms with Gasteiger partial charge in [-0.25, -0.2) is 0 Å². The van der Waals surface area contributed by atoms with Gasteiger partial charge in [0.2, 0.25) is 0 Å². The van der Waals surface area contributed by atoms with E-state index in [0.717, 1.165) is 19.5 Å². The number of thiophene rings is 1. The summed E-state index contributed by atoms with van der Waals surface area (Å²) in [6.45, 7) is 4.09. The molecule has 17 heavy (non-hydrogen) atoms. The molecule has 2 unspecified atom stereocenters. The van der Waals surface area contributed by atoms with E-state index in [1.807, 2.05) is 11.4 Å². The number of carbonyl (C=O) groups excluding carboxylic acids is 1. The fourth-order valence-electron chi connectivity index (χ4n) is 2.09. The van der Waals surface area contributed by atoms with Crippen molar-refractivity contribution in [3.8, 4) is 5.75 Å². The number of ether oxygens (including phenoxy) is 1. The average Bonchev–Trinajstić information content (AvgIpc) is 2.80. The minimum absolute atomic E-state index is 0.0180. The molecule has 2 N–H and O–H groups in total. The molecule has 1 aliphatic heterocycles. The Morgan fingerprint density at radius 1 is 1.65 bits per heavy atom. The van der Waals surface area contributed by atoms with E-state index in [2.05, 4.69) is 17.6 Å². The van der Waals surface area contributed by atoms with Crippen LogP contribution in [0.1, 0.15) is 23.0 Å². The zero-order valence-corrected chi connectivity index (χ0v) is 11.0. The van der Waals surface area contributed by atoms with Gasteiger partial charge in [0.15, 0.2) is 0 Å². The lowest BCUT2D eigenvalue weighted by atomic mass is 9.95. The Balaban J connectivity index is 2.01. The SMILES string of the molecule is COc1ccsc1C(=O)NC1CCNCC1C. The average molecular weight is 254 g/mol. The normalized spacial score (nSPS) is 24.4. The maximum Gasteiger partial charge on any atom is 0.265 e. The lowest BCUT2D eigenvalue weighted by Gasteiger charge is -2.30. The van der Waals surface area contributed by atoms with Crippen LogP contribution in [0.2, 0.25) is 0 Å². The van der Waals surface area contributed by atoms with Crippen molar-refractivity contribution in [1.29, 1.82) is 0 Å². The molecule has 94 valence electrons. The van der Waals surface area contributed by atoms with Gasteiger partial charge in [-0.2, -0.15) is 0 Å². The van der Waals surface area contributed by atoms with Gasteiger partial charge in [-0.3, -0.25) is 4.79 Å². The summed E-state index contributed by atoms with van der Waals surface area (Å²) in [6, 6.07) is 2.08. The molecule has 1 saturated heterocycles. The quantitative estimate of drug-likeness (QED) is 0.859. The third kappa shape index (κ3) is 2.79. The molecular weight excluding hydrogens is 236 g/mol. The van der Waals surface area contributed by atoms with Gasteiger partial charge in [0.25, 0.3) is 5.91 Å². The van der Waals surface area contributed by atoms with Crippen molar-refractivity contribution in [3.63, 3.8) is 0 Å². The predicted octanol–water partition coefficient (Wildman–Crippen LogP) is 1.48. The Hall–Kier alpha value is -1.07. The first-order chi connectivity index (χ1) is 8.22. The van der Waals surface area contributed by atoms with E-state index >= 15 is 0 Å². The summed E-state index contributed by atoms with van der Waals surface area (Å²) >= 11 is 1.42. The van der Waals surface area contributed by atoms with E-state index in [0.29, 0.717) is 16.5 Å². The second-order valence-corrected chi connectivity index (χ2v) is 5.28. The lowest BCUT2D eigenvalue weighted by Crippen LogP contribution is -2.48. The van der Waals surface area contributed by atoms with Crippen LogP contribution in [0.4, 0.5) is 0 Å². The molecule has 0 aromatic carbocycles. The van der Waals surface area contributed by atoms with E-state index in [-0.39, 0.29) is 11.9 Å². The van der Waals surface area contributed by atoms with Crippen molar-refractivity contribution in [1.82, 2.24) is 10.6 Å². The third-order valence-corrected chi connectivity index (χ3v) is 4.05. The van der Waals surface area contributed by atoms with Crippen LogP contribution in [0.25, 0.3) is 0 Å². The number of hydrogen-bond donors (Lipinski definition) is 2. The molecule has 1 aromatic heterocycles. The molecule has 0 saturated carbocycles. The van der Waals surface area contributed by atoms with Crippen LogP contribution in [-0.2, 0) is 0 Å². The van der Waals surface area contributed by atoms with Crippen molar-refractivity contribution >= 4 is 17.2 Å². The Morgan fingerprint density at radius 3 is 3.18 bits per heavy atom. The topological polar surface area (TPSA) is 50.4 Å². The first kappa shape index (κ1) is 12.4. The summed E-state index contributed by atoms with van der Waals surface area (Å²) < 4.78 is 5.16. The first-order valence-electron chi connectivity index (χ1n) is 5.85. The molecule has 0 spiro atoms. The number of hydrogen-bond acceptors (Lipinski definition) is 4. The molecule has 2 heterocycles. The maximum atomic E-state index is 12.1. The molecule has 1 fully saturated rings. The highest BCUT2D eigenvalue weighted by Crippen LogP contribution is 2.24. The van der Waals surface area contributed by atoms with Crippen LogP contribution in [0.3, 0.4) is 0 Å². The van der Waals surface area contributed by atoms with Gasteiger partial charge >= 0.3 is 0 Å². The van der Waals surface area contributed by atoms with Crippen LogP contribution in [-0.4, -0.2) is 32.1 Å². The minimum Gasteiger partial charge on any atom is -0.495 e. The summed E-state index contributed by atoms with van der Waals surface area (Å²) in [5, 5.41) is 8.29. The monoisotopic (exact) mass is 254 g/mol. The smallest absolute Gasteiger partial charge is 0.265 e. The highest BCUT2D eigenvalue weighted by Gasteiger charge is 2.24. The number of nitrogens with one attached hydrogen (secondary N) is 2. The molecule has 0 bridgehead atoms. The molecule has 1 aliphatic rings. The van der Waals surface area contributed by atoms with Gasteiger partial charge in [-0.1, -0.05) is 6.92 Å². The van der Waals surface area contributed by atoms with E-state index in [4.69, 9.17) is 4.74 Å². The van der Waals surface area contributed by atoms with Gasteiger partial charge in [-0.05, 0) is 36.9 Å². The molecule has 0 radical (unpaired) electrons. The van der Waals surface area contributed by atoms with E-state index in [9.17, 15) is 4.79 Å². The second kappa shape index (κ2) is 5.51. The largest absolute Gasteiger partial charge is 0.495 e. The molecule has 1 amide bonds. The Labute approximate surface area is 105 Å². The Kier molecular flexibility index (Phi) is 4.02.